The predicted octanol–water partition coefficient (Wildman–Crippen LogP) is 3.04. The van der Waals surface area contributed by atoms with Crippen LogP contribution < -0.4 is 0 Å². The van der Waals surface area contributed by atoms with Crippen LogP contribution in [0.1, 0.15) is 49.5 Å². The van der Waals surface area contributed by atoms with Crippen molar-refractivity contribution < 1.29 is 9.59 Å². The molecule has 0 fully saturated rings. The molecule has 1 aliphatic heterocycles. The summed E-state index contributed by atoms with van der Waals surface area (Å²) in [6, 6.07) is 7.68. The highest BCUT2D eigenvalue weighted by Gasteiger charge is 2.25. The van der Waals surface area contributed by atoms with E-state index in [-0.39, 0.29) is 11.7 Å². The first-order valence-corrected chi connectivity index (χ1v) is 6.55. The lowest BCUT2D eigenvalue weighted by molar-refractivity contribution is -0.117. The molecule has 3 heteroatoms. The number of Topliss-reactive ketones (excluding diaryl/α,β-unsaturated/α-hetero) is 1. The molecular formula is C15H21NO2. The molecular weight excluding hydrogens is 226 g/mol. The molecule has 1 aromatic carbocycles. The van der Waals surface area contributed by atoms with E-state index in [1.165, 1.54) is 0 Å². The highest BCUT2D eigenvalue weighted by molar-refractivity contribution is 5.98. The number of carbonyl (C=O) groups excluding carboxylic acids is 2. The smallest absolute Gasteiger partial charge is 0.254 e. The van der Waals surface area contributed by atoms with Crippen molar-refractivity contribution in [3.05, 3.63) is 35.4 Å². The minimum Gasteiger partial charge on any atom is -0.334 e. The van der Waals surface area contributed by atoms with Crippen molar-refractivity contribution in [3.63, 3.8) is 0 Å². The third-order valence-corrected chi connectivity index (χ3v) is 2.85. The van der Waals surface area contributed by atoms with Crippen LogP contribution >= 0.6 is 0 Å². The van der Waals surface area contributed by atoms with Crippen molar-refractivity contribution in [3.8, 4) is 0 Å². The van der Waals surface area contributed by atoms with E-state index in [4.69, 9.17) is 0 Å². The lowest BCUT2D eigenvalue weighted by atomic mass is 10.1. The van der Waals surface area contributed by atoms with Crippen LogP contribution in [0.2, 0.25) is 0 Å². The maximum absolute atomic E-state index is 11.9. The molecule has 18 heavy (non-hydrogen) atoms. The van der Waals surface area contributed by atoms with Gasteiger partial charge in [-0.05, 0) is 25.0 Å². The molecule has 98 valence electrons. The molecule has 0 aliphatic carbocycles. The Morgan fingerprint density at radius 3 is 2.56 bits per heavy atom. The summed E-state index contributed by atoms with van der Waals surface area (Å²) >= 11 is 0. The van der Waals surface area contributed by atoms with E-state index in [0.29, 0.717) is 19.5 Å². The Morgan fingerprint density at radius 1 is 1.28 bits per heavy atom. The second-order valence-electron chi connectivity index (χ2n) is 4.19. The van der Waals surface area contributed by atoms with E-state index >= 15 is 0 Å². The third-order valence-electron chi connectivity index (χ3n) is 2.85. The summed E-state index contributed by atoms with van der Waals surface area (Å²) < 4.78 is 0. The topological polar surface area (TPSA) is 37.4 Å². The quantitative estimate of drug-likeness (QED) is 0.820. The third kappa shape index (κ3) is 3.42. The van der Waals surface area contributed by atoms with Crippen molar-refractivity contribution >= 4 is 11.7 Å². The fraction of sp³-hybridized carbons (Fsp3) is 0.467. The largest absolute Gasteiger partial charge is 0.334 e. The molecule has 0 saturated carbocycles. The van der Waals surface area contributed by atoms with E-state index in [9.17, 15) is 9.59 Å². The molecule has 0 bridgehead atoms. The molecule has 0 atom stereocenters. The van der Waals surface area contributed by atoms with Gasteiger partial charge in [0.15, 0.2) is 0 Å². The molecule has 0 spiro atoms. The van der Waals surface area contributed by atoms with Crippen molar-refractivity contribution in [2.45, 2.75) is 40.2 Å². The Kier molecular flexibility index (Phi) is 5.56. The summed E-state index contributed by atoms with van der Waals surface area (Å²) in [5.74, 6) is 0.281. The Morgan fingerprint density at radius 2 is 1.94 bits per heavy atom. The molecule has 0 radical (unpaired) electrons. The molecule has 1 amide bonds. The van der Waals surface area contributed by atoms with E-state index in [0.717, 1.165) is 17.5 Å². The monoisotopic (exact) mass is 247 g/mol. The zero-order valence-corrected chi connectivity index (χ0v) is 11.4. The zero-order chi connectivity index (χ0) is 13.5. The lowest BCUT2D eigenvalue weighted by Gasteiger charge is -2.14. The average Bonchev–Trinajstić information content (AvgIpc) is 2.69. The number of amides is 1. The van der Waals surface area contributed by atoms with Crippen molar-refractivity contribution in [1.82, 2.24) is 4.90 Å². The summed E-state index contributed by atoms with van der Waals surface area (Å²) in [4.78, 5) is 24.5. The first-order valence-electron chi connectivity index (χ1n) is 6.55. The van der Waals surface area contributed by atoms with Crippen LogP contribution in [0, 0.1) is 0 Å². The van der Waals surface area contributed by atoms with Crippen molar-refractivity contribution in [2.75, 3.05) is 6.54 Å². The second-order valence-corrected chi connectivity index (χ2v) is 4.19. The van der Waals surface area contributed by atoms with E-state index in [2.05, 4.69) is 0 Å². The lowest BCUT2D eigenvalue weighted by Crippen LogP contribution is -2.25. The van der Waals surface area contributed by atoms with Gasteiger partial charge in [0, 0.05) is 25.1 Å². The molecule has 0 unspecified atom stereocenters. The molecule has 1 aromatic rings. The standard InChI is InChI=1S/C13H15NO2.C2H6/c1-10(15)5-4-8-14-9-11-6-2-3-7-12(11)13(14)16;1-2/h2-3,6-7H,4-5,8-9H2,1H3;1-2H3. The summed E-state index contributed by atoms with van der Waals surface area (Å²) in [7, 11) is 0. The zero-order valence-electron chi connectivity index (χ0n) is 11.4. The highest BCUT2D eigenvalue weighted by Crippen LogP contribution is 2.22. The first kappa shape index (κ1) is 14.4. The van der Waals surface area contributed by atoms with Crippen LogP contribution in [0.15, 0.2) is 24.3 Å². The Balaban J connectivity index is 0.000000771. The van der Waals surface area contributed by atoms with E-state index in [1.807, 2.05) is 43.0 Å². The van der Waals surface area contributed by atoms with Crippen LogP contribution in [-0.2, 0) is 11.3 Å². The van der Waals surface area contributed by atoms with Crippen molar-refractivity contribution in [1.29, 1.82) is 0 Å². The van der Waals surface area contributed by atoms with Gasteiger partial charge in [0.1, 0.15) is 5.78 Å². The number of hydrogen-bond acceptors (Lipinski definition) is 2. The number of rotatable bonds is 4. The Hall–Kier alpha value is -1.64. The Labute approximate surface area is 109 Å². The van der Waals surface area contributed by atoms with Gasteiger partial charge in [-0.15, -0.1) is 0 Å². The van der Waals surface area contributed by atoms with Crippen LogP contribution in [0.25, 0.3) is 0 Å². The number of ketones is 1. The molecule has 1 aliphatic rings. The van der Waals surface area contributed by atoms with Gasteiger partial charge in [-0.2, -0.15) is 0 Å². The van der Waals surface area contributed by atoms with Crippen molar-refractivity contribution in [2.24, 2.45) is 0 Å². The maximum atomic E-state index is 11.9. The average molecular weight is 247 g/mol. The summed E-state index contributed by atoms with van der Waals surface area (Å²) in [5, 5.41) is 0. The fourth-order valence-electron chi connectivity index (χ4n) is 2.01. The number of fused-ring (bicyclic) bond motifs is 1. The molecule has 0 N–H and O–H groups in total. The molecule has 2 rings (SSSR count). The van der Waals surface area contributed by atoms with Gasteiger partial charge in [-0.3, -0.25) is 4.79 Å². The van der Waals surface area contributed by atoms with Gasteiger partial charge in [0.05, 0.1) is 0 Å². The first-order chi connectivity index (χ1) is 8.68. The van der Waals surface area contributed by atoms with Crippen LogP contribution in [0.4, 0.5) is 0 Å². The Bertz CT molecular complexity index is 426. The van der Waals surface area contributed by atoms with Gasteiger partial charge < -0.3 is 9.69 Å². The number of carbonyl (C=O) groups is 2. The van der Waals surface area contributed by atoms with Gasteiger partial charge in [-0.1, -0.05) is 32.0 Å². The normalized spacial score (nSPS) is 12.8. The molecule has 0 saturated heterocycles. The molecule has 1 heterocycles. The molecule has 0 aromatic heterocycles. The maximum Gasteiger partial charge on any atom is 0.254 e. The predicted molar refractivity (Wildman–Crippen MR) is 72.4 cm³/mol. The fourth-order valence-corrected chi connectivity index (χ4v) is 2.01. The van der Waals surface area contributed by atoms with Gasteiger partial charge in [-0.25, -0.2) is 0 Å². The second kappa shape index (κ2) is 6.94. The van der Waals surface area contributed by atoms with Gasteiger partial charge in [0.2, 0.25) is 0 Å². The highest BCUT2D eigenvalue weighted by atomic mass is 16.2. The van der Waals surface area contributed by atoms with Crippen LogP contribution in [0.3, 0.4) is 0 Å². The number of hydrogen-bond donors (Lipinski definition) is 0. The minimum atomic E-state index is 0.0964. The summed E-state index contributed by atoms with van der Waals surface area (Å²) in [6.07, 6.45) is 1.31. The summed E-state index contributed by atoms with van der Waals surface area (Å²) in [6.45, 7) is 6.94. The molecule has 3 nitrogen and oxygen atoms in total. The van der Waals surface area contributed by atoms with E-state index < -0.39 is 0 Å². The van der Waals surface area contributed by atoms with Gasteiger partial charge in [0.25, 0.3) is 5.91 Å². The van der Waals surface area contributed by atoms with Crippen LogP contribution in [0.5, 0.6) is 0 Å². The minimum absolute atomic E-state index is 0.0964. The van der Waals surface area contributed by atoms with E-state index in [1.54, 1.807) is 6.92 Å². The number of benzene rings is 1. The SMILES string of the molecule is CC.CC(=O)CCCN1Cc2ccccc2C1=O. The van der Waals surface area contributed by atoms with Gasteiger partial charge >= 0.3 is 0 Å². The summed E-state index contributed by atoms with van der Waals surface area (Å²) in [5.41, 5.74) is 1.90. The number of nitrogens with zero attached hydrogens (tertiary/aromatic N) is 1. The van der Waals surface area contributed by atoms with Crippen LogP contribution in [-0.4, -0.2) is 23.1 Å².